The molecule has 0 aliphatic rings. The van der Waals surface area contributed by atoms with Crippen molar-refractivity contribution in [2.75, 3.05) is 0 Å². The van der Waals surface area contributed by atoms with Crippen LogP contribution in [0.1, 0.15) is 29.7 Å². The van der Waals surface area contributed by atoms with E-state index in [0.717, 1.165) is 24.4 Å². The molecule has 0 unspecified atom stereocenters. The molecule has 8 heteroatoms. The molecule has 0 aliphatic heterocycles. The lowest BCUT2D eigenvalue weighted by atomic mass is 10.2. The third-order valence-electron chi connectivity index (χ3n) is 3.37. The van der Waals surface area contributed by atoms with E-state index in [-0.39, 0.29) is 5.91 Å². The first-order valence-corrected chi connectivity index (χ1v) is 7.38. The fourth-order valence-electron chi connectivity index (χ4n) is 2.21. The Morgan fingerprint density at radius 1 is 1.35 bits per heavy atom. The van der Waals surface area contributed by atoms with Gasteiger partial charge in [-0.15, -0.1) is 10.2 Å². The van der Waals surface area contributed by atoms with Crippen LogP contribution in [0.25, 0.3) is 11.3 Å². The Bertz CT molecular complexity index is 778. The number of aromatic amines is 1. The van der Waals surface area contributed by atoms with Crippen molar-refractivity contribution in [3.8, 4) is 11.3 Å². The molecular formula is C15H17N7O. The zero-order chi connectivity index (χ0) is 16.1. The van der Waals surface area contributed by atoms with Gasteiger partial charge in [-0.05, 0) is 24.6 Å². The normalized spacial score (nSPS) is 10.7. The smallest absolute Gasteiger partial charge is 0.269 e. The molecule has 0 saturated heterocycles. The third kappa shape index (κ3) is 3.42. The molecule has 3 aromatic heterocycles. The van der Waals surface area contributed by atoms with Gasteiger partial charge in [0.15, 0.2) is 5.82 Å². The molecule has 0 atom stereocenters. The van der Waals surface area contributed by atoms with Gasteiger partial charge in [-0.25, -0.2) is 0 Å². The number of carbonyl (C=O) groups excluding carboxylic acids is 1. The van der Waals surface area contributed by atoms with E-state index in [0.29, 0.717) is 17.9 Å². The third-order valence-corrected chi connectivity index (χ3v) is 3.37. The number of amides is 1. The summed E-state index contributed by atoms with van der Waals surface area (Å²) in [4.78, 5) is 16.2. The number of pyridine rings is 1. The Balaban J connectivity index is 1.65. The van der Waals surface area contributed by atoms with E-state index >= 15 is 0 Å². The number of aryl methyl sites for hydroxylation is 1. The van der Waals surface area contributed by atoms with Crippen LogP contribution in [0.5, 0.6) is 0 Å². The highest BCUT2D eigenvalue weighted by Crippen LogP contribution is 2.16. The van der Waals surface area contributed by atoms with E-state index in [1.165, 1.54) is 0 Å². The second-order valence-electron chi connectivity index (χ2n) is 5.03. The monoisotopic (exact) mass is 311 g/mol. The lowest BCUT2D eigenvalue weighted by Gasteiger charge is -2.05. The van der Waals surface area contributed by atoms with Crippen LogP contribution in [-0.2, 0) is 13.1 Å². The zero-order valence-electron chi connectivity index (χ0n) is 12.7. The van der Waals surface area contributed by atoms with Gasteiger partial charge < -0.3 is 9.88 Å². The summed E-state index contributed by atoms with van der Waals surface area (Å²) >= 11 is 0. The van der Waals surface area contributed by atoms with Crippen molar-refractivity contribution in [1.82, 2.24) is 35.3 Å². The lowest BCUT2D eigenvalue weighted by molar-refractivity contribution is 0.0944. The highest BCUT2D eigenvalue weighted by Gasteiger charge is 2.12. The maximum atomic E-state index is 12.2. The Labute approximate surface area is 133 Å². The minimum absolute atomic E-state index is 0.233. The summed E-state index contributed by atoms with van der Waals surface area (Å²) in [6.07, 6.45) is 6.02. The molecule has 3 rings (SSSR count). The minimum atomic E-state index is -0.233. The molecule has 3 heterocycles. The first kappa shape index (κ1) is 14.9. The van der Waals surface area contributed by atoms with Gasteiger partial charge in [-0.3, -0.25) is 14.9 Å². The molecule has 0 spiro atoms. The summed E-state index contributed by atoms with van der Waals surface area (Å²) in [6, 6.07) is 5.39. The van der Waals surface area contributed by atoms with Crippen molar-refractivity contribution in [3.63, 3.8) is 0 Å². The quantitative estimate of drug-likeness (QED) is 0.716. The van der Waals surface area contributed by atoms with Crippen LogP contribution in [0.15, 0.2) is 36.9 Å². The van der Waals surface area contributed by atoms with Gasteiger partial charge in [0.2, 0.25) is 0 Å². The Morgan fingerprint density at radius 3 is 2.96 bits per heavy atom. The zero-order valence-corrected chi connectivity index (χ0v) is 12.7. The van der Waals surface area contributed by atoms with Crippen molar-refractivity contribution in [3.05, 3.63) is 48.4 Å². The van der Waals surface area contributed by atoms with E-state index in [4.69, 9.17) is 0 Å². The molecule has 0 radical (unpaired) electrons. The topological polar surface area (TPSA) is 101 Å². The average molecular weight is 311 g/mol. The van der Waals surface area contributed by atoms with Crippen molar-refractivity contribution < 1.29 is 4.79 Å². The van der Waals surface area contributed by atoms with Crippen molar-refractivity contribution in [1.29, 1.82) is 0 Å². The maximum absolute atomic E-state index is 12.2. The highest BCUT2D eigenvalue weighted by molar-refractivity contribution is 5.93. The molecule has 8 nitrogen and oxygen atoms in total. The van der Waals surface area contributed by atoms with E-state index in [1.54, 1.807) is 24.8 Å². The van der Waals surface area contributed by atoms with Crippen molar-refractivity contribution in [2.24, 2.45) is 0 Å². The molecule has 2 N–H and O–H groups in total. The standard InChI is InChI=1S/C15H17N7O/c1-2-7-22-10-18-21-14(22)9-17-15(23)13-8-12(19-20-13)11-3-5-16-6-4-11/h3-6,8,10H,2,7,9H2,1H3,(H,17,23)(H,19,20). The van der Waals surface area contributed by atoms with E-state index in [9.17, 15) is 4.79 Å². The highest BCUT2D eigenvalue weighted by atomic mass is 16.1. The van der Waals surface area contributed by atoms with E-state index < -0.39 is 0 Å². The van der Waals surface area contributed by atoms with Crippen LogP contribution in [-0.4, -0.2) is 35.9 Å². The number of hydrogen-bond donors (Lipinski definition) is 2. The van der Waals surface area contributed by atoms with Gasteiger partial charge in [0.05, 0.1) is 12.2 Å². The van der Waals surface area contributed by atoms with Gasteiger partial charge in [-0.2, -0.15) is 5.10 Å². The molecule has 118 valence electrons. The van der Waals surface area contributed by atoms with Crippen molar-refractivity contribution >= 4 is 5.91 Å². The predicted molar refractivity (Wildman–Crippen MR) is 83.3 cm³/mol. The molecule has 0 bridgehead atoms. The molecular weight excluding hydrogens is 294 g/mol. The number of carbonyl (C=O) groups is 1. The Hall–Kier alpha value is -3.03. The summed E-state index contributed by atoms with van der Waals surface area (Å²) in [5.74, 6) is 0.498. The van der Waals surface area contributed by atoms with Crippen molar-refractivity contribution in [2.45, 2.75) is 26.4 Å². The molecule has 0 aromatic carbocycles. The summed E-state index contributed by atoms with van der Waals surface area (Å²) in [5, 5.41) is 17.6. The molecule has 0 aliphatic carbocycles. The van der Waals surface area contributed by atoms with E-state index in [1.807, 2.05) is 16.7 Å². The van der Waals surface area contributed by atoms with Gasteiger partial charge in [0.1, 0.15) is 12.0 Å². The Kier molecular flexibility index (Phi) is 4.41. The summed E-state index contributed by atoms with van der Waals surface area (Å²) in [5.41, 5.74) is 2.00. The number of nitrogens with one attached hydrogen (secondary N) is 2. The first-order valence-electron chi connectivity index (χ1n) is 7.38. The molecule has 0 fully saturated rings. The number of rotatable bonds is 6. The van der Waals surface area contributed by atoms with Gasteiger partial charge in [0, 0.05) is 24.5 Å². The summed E-state index contributed by atoms with van der Waals surface area (Å²) < 4.78 is 1.93. The molecule has 23 heavy (non-hydrogen) atoms. The molecule has 0 saturated carbocycles. The number of aromatic nitrogens is 6. The second kappa shape index (κ2) is 6.82. The van der Waals surface area contributed by atoms with Crippen LogP contribution in [0.3, 0.4) is 0 Å². The van der Waals surface area contributed by atoms with Crippen LogP contribution >= 0.6 is 0 Å². The molecule has 3 aromatic rings. The van der Waals surface area contributed by atoms with Gasteiger partial charge in [0.25, 0.3) is 5.91 Å². The van der Waals surface area contributed by atoms with E-state index in [2.05, 4.69) is 37.6 Å². The summed E-state index contributed by atoms with van der Waals surface area (Å²) in [6.45, 7) is 3.23. The number of H-pyrrole nitrogens is 1. The average Bonchev–Trinajstić information content (AvgIpc) is 3.23. The van der Waals surface area contributed by atoms with Crippen LogP contribution in [0.2, 0.25) is 0 Å². The largest absolute Gasteiger partial charge is 0.343 e. The minimum Gasteiger partial charge on any atom is -0.343 e. The summed E-state index contributed by atoms with van der Waals surface area (Å²) in [7, 11) is 0. The van der Waals surface area contributed by atoms with Crippen LogP contribution in [0.4, 0.5) is 0 Å². The van der Waals surface area contributed by atoms with Crippen LogP contribution in [0, 0.1) is 0 Å². The van der Waals surface area contributed by atoms with Gasteiger partial charge in [-0.1, -0.05) is 6.92 Å². The lowest BCUT2D eigenvalue weighted by Crippen LogP contribution is -2.25. The first-order chi connectivity index (χ1) is 11.3. The van der Waals surface area contributed by atoms with Gasteiger partial charge >= 0.3 is 0 Å². The van der Waals surface area contributed by atoms with Crippen LogP contribution < -0.4 is 5.32 Å². The molecule has 1 amide bonds. The Morgan fingerprint density at radius 2 is 2.17 bits per heavy atom. The fraction of sp³-hybridized carbons (Fsp3) is 0.267. The SMILES string of the molecule is CCCn1cnnc1CNC(=O)c1cc(-c2ccncc2)n[nH]1. The fourth-order valence-corrected chi connectivity index (χ4v) is 2.21. The number of hydrogen-bond acceptors (Lipinski definition) is 5. The predicted octanol–water partition coefficient (Wildman–Crippen LogP) is 1.40. The second-order valence-corrected chi connectivity index (χ2v) is 5.03. The maximum Gasteiger partial charge on any atom is 0.269 e. The number of nitrogens with zero attached hydrogens (tertiary/aromatic N) is 5.